The van der Waals surface area contributed by atoms with E-state index in [1.165, 1.54) is 17.0 Å². The third-order valence-corrected chi connectivity index (χ3v) is 4.62. The fraction of sp³-hybridized carbons (Fsp3) is 0.391. The molecular formula is C23H29FN2O3. The number of carbonyl (C=O) groups excluding carboxylic acids is 2. The van der Waals surface area contributed by atoms with E-state index in [-0.39, 0.29) is 30.7 Å². The fourth-order valence-electron chi connectivity index (χ4n) is 2.91. The fourth-order valence-corrected chi connectivity index (χ4v) is 2.91. The second-order valence-electron chi connectivity index (χ2n) is 7.05. The normalized spacial score (nSPS) is 11.6. The van der Waals surface area contributed by atoms with E-state index in [1.54, 1.807) is 19.1 Å². The number of hydrogen-bond acceptors (Lipinski definition) is 3. The van der Waals surface area contributed by atoms with Gasteiger partial charge in [-0.2, -0.15) is 0 Å². The van der Waals surface area contributed by atoms with Crippen LogP contribution >= 0.6 is 0 Å². The molecule has 0 aliphatic rings. The van der Waals surface area contributed by atoms with Gasteiger partial charge in [0.2, 0.25) is 5.91 Å². The Morgan fingerprint density at radius 1 is 1.17 bits per heavy atom. The Morgan fingerprint density at radius 2 is 1.93 bits per heavy atom. The van der Waals surface area contributed by atoms with Crippen LogP contribution in [0.15, 0.2) is 48.5 Å². The topological polar surface area (TPSA) is 58.6 Å². The summed E-state index contributed by atoms with van der Waals surface area (Å²) in [7, 11) is 0. The summed E-state index contributed by atoms with van der Waals surface area (Å²) in [6.07, 6.45) is 1.84. The van der Waals surface area contributed by atoms with Crippen molar-refractivity contribution in [1.29, 1.82) is 0 Å². The highest BCUT2D eigenvalue weighted by atomic mass is 19.1. The zero-order valence-corrected chi connectivity index (χ0v) is 17.3. The van der Waals surface area contributed by atoms with Crippen LogP contribution in [0.25, 0.3) is 0 Å². The average Bonchev–Trinajstić information content (AvgIpc) is 2.71. The lowest BCUT2D eigenvalue weighted by Crippen LogP contribution is -2.49. The van der Waals surface area contributed by atoms with Crippen molar-refractivity contribution in [2.24, 2.45) is 0 Å². The van der Waals surface area contributed by atoms with Crippen LogP contribution < -0.4 is 10.1 Å². The summed E-state index contributed by atoms with van der Waals surface area (Å²) in [6.45, 7) is 6.19. The standard InChI is InChI=1S/C23H29FN2O3/c1-4-5-13-25-23(28)18(3)26(15-19-10-8-9-17(2)14-19)22(27)16-29-21-12-7-6-11-20(21)24/h6-12,14,18H,4-5,13,15-16H2,1-3H3,(H,25,28). The lowest BCUT2D eigenvalue weighted by molar-refractivity contribution is -0.142. The van der Waals surface area contributed by atoms with E-state index in [0.29, 0.717) is 6.54 Å². The second kappa shape index (κ2) is 11.2. The molecule has 2 rings (SSSR count). The molecule has 6 heteroatoms. The Morgan fingerprint density at radius 3 is 2.62 bits per heavy atom. The summed E-state index contributed by atoms with van der Waals surface area (Å²) >= 11 is 0. The highest BCUT2D eigenvalue weighted by Crippen LogP contribution is 2.16. The molecule has 0 radical (unpaired) electrons. The summed E-state index contributed by atoms with van der Waals surface area (Å²) in [5, 5.41) is 2.87. The van der Waals surface area contributed by atoms with E-state index in [1.807, 2.05) is 38.1 Å². The monoisotopic (exact) mass is 400 g/mol. The zero-order chi connectivity index (χ0) is 21.2. The van der Waals surface area contributed by atoms with Crippen molar-refractivity contribution in [2.45, 2.75) is 46.2 Å². The molecule has 0 fully saturated rings. The summed E-state index contributed by atoms with van der Waals surface area (Å²) in [4.78, 5) is 26.9. The lowest BCUT2D eigenvalue weighted by Gasteiger charge is -2.29. The minimum Gasteiger partial charge on any atom is -0.481 e. The maximum absolute atomic E-state index is 13.8. The van der Waals surface area contributed by atoms with E-state index in [9.17, 15) is 14.0 Å². The van der Waals surface area contributed by atoms with Crippen molar-refractivity contribution in [1.82, 2.24) is 10.2 Å². The molecule has 29 heavy (non-hydrogen) atoms. The van der Waals surface area contributed by atoms with Crippen molar-refractivity contribution in [3.8, 4) is 5.75 Å². The second-order valence-corrected chi connectivity index (χ2v) is 7.05. The van der Waals surface area contributed by atoms with Gasteiger partial charge in [-0.1, -0.05) is 55.3 Å². The van der Waals surface area contributed by atoms with Crippen molar-refractivity contribution in [3.05, 3.63) is 65.5 Å². The summed E-state index contributed by atoms with van der Waals surface area (Å²) < 4.78 is 19.1. The summed E-state index contributed by atoms with van der Waals surface area (Å²) in [5.41, 5.74) is 1.98. The molecule has 0 aliphatic heterocycles. The summed E-state index contributed by atoms with van der Waals surface area (Å²) in [6, 6.07) is 13.0. The molecule has 0 aliphatic carbocycles. The average molecular weight is 400 g/mol. The lowest BCUT2D eigenvalue weighted by atomic mass is 10.1. The van der Waals surface area contributed by atoms with E-state index in [0.717, 1.165) is 24.0 Å². The predicted molar refractivity (Wildman–Crippen MR) is 111 cm³/mol. The molecule has 2 aromatic carbocycles. The molecule has 2 aromatic rings. The molecule has 2 amide bonds. The molecule has 1 unspecified atom stereocenters. The van der Waals surface area contributed by atoms with Crippen molar-refractivity contribution < 1.29 is 18.7 Å². The van der Waals surface area contributed by atoms with Crippen LogP contribution in [-0.4, -0.2) is 35.9 Å². The largest absolute Gasteiger partial charge is 0.481 e. The first-order chi connectivity index (χ1) is 13.9. The van der Waals surface area contributed by atoms with Gasteiger partial charge in [0.1, 0.15) is 6.04 Å². The number of unbranched alkanes of at least 4 members (excludes halogenated alkanes) is 1. The van der Waals surface area contributed by atoms with Crippen LogP contribution in [0.4, 0.5) is 4.39 Å². The first kappa shape index (κ1) is 22.4. The smallest absolute Gasteiger partial charge is 0.261 e. The van der Waals surface area contributed by atoms with Crippen LogP contribution in [0, 0.1) is 12.7 Å². The van der Waals surface area contributed by atoms with Crippen molar-refractivity contribution in [2.75, 3.05) is 13.2 Å². The van der Waals surface area contributed by atoms with Gasteiger partial charge in [-0.05, 0) is 38.0 Å². The minimum atomic E-state index is -0.677. The van der Waals surface area contributed by atoms with Crippen LogP contribution in [0.5, 0.6) is 5.75 Å². The highest BCUT2D eigenvalue weighted by molar-refractivity contribution is 5.87. The van der Waals surface area contributed by atoms with Gasteiger partial charge in [0, 0.05) is 13.1 Å². The molecular weight excluding hydrogens is 371 g/mol. The Balaban J connectivity index is 2.12. The van der Waals surface area contributed by atoms with Crippen LogP contribution in [-0.2, 0) is 16.1 Å². The molecule has 1 N–H and O–H groups in total. The number of halogens is 1. The van der Waals surface area contributed by atoms with Gasteiger partial charge in [-0.15, -0.1) is 0 Å². The third-order valence-electron chi connectivity index (χ3n) is 4.62. The predicted octanol–water partition coefficient (Wildman–Crippen LogP) is 3.85. The Kier molecular flexibility index (Phi) is 8.65. The highest BCUT2D eigenvalue weighted by Gasteiger charge is 2.26. The van der Waals surface area contributed by atoms with Gasteiger partial charge >= 0.3 is 0 Å². The zero-order valence-electron chi connectivity index (χ0n) is 17.3. The van der Waals surface area contributed by atoms with Gasteiger partial charge in [-0.3, -0.25) is 9.59 Å². The Labute approximate surface area is 171 Å². The van der Waals surface area contributed by atoms with E-state index in [4.69, 9.17) is 4.74 Å². The third kappa shape index (κ3) is 6.89. The first-order valence-corrected chi connectivity index (χ1v) is 9.92. The maximum atomic E-state index is 13.8. The molecule has 0 heterocycles. The Hall–Kier alpha value is -2.89. The van der Waals surface area contributed by atoms with Gasteiger partial charge in [0.05, 0.1) is 0 Å². The maximum Gasteiger partial charge on any atom is 0.261 e. The number of nitrogens with zero attached hydrogens (tertiary/aromatic N) is 1. The molecule has 0 saturated heterocycles. The first-order valence-electron chi connectivity index (χ1n) is 9.92. The van der Waals surface area contributed by atoms with Crippen molar-refractivity contribution in [3.63, 3.8) is 0 Å². The molecule has 1 atom stereocenters. The van der Waals surface area contributed by atoms with Crippen LogP contribution in [0.1, 0.15) is 37.8 Å². The quantitative estimate of drug-likeness (QED) is 0.617. The number of rotatable bonds is 10. The number of amides is 2. The van der Waals surface area contributed by atoms with Gasteiger partial charge in [-0.25, -0.2) is 4.39 Å². The van der Waals surface area contributed by atoms with Crippen LogP contribution in [0.3, 0.4) is 0 Å². The van der Waals surface area contributed by atoms with Gasteiger partial charge in [0.25, 0.3) is 5.91 Å². The number of carbonyl (C=O) groups is 2. The number of ether oxygens (including phenoxy) is 1. The summed E-state index contributed by atoms with van der Waals surface area (Å²) in [5.74, 6) is -1.12. The number of hydrogen-bond donors (Lipinski definition) is 1. The molecule has 0 saturated carbocycles. The molecule has 5 nitrogen and oxygen atoms in total. The molecule has 0 aromatic heterocycles. The number of nitrogens with one attached hydrogen (secondary N) is 1. The minimum absolute atomic E-state index is 0.0106. The van der Waals surface area contributed by atoms with Crippen molar-refractivity contribution >= 4 is 11.8 Å². The molecule has 0 bridgehead atoms. The SMILES string of the molecule is CCCCNC(=O)C(C)N(Cc1cccc(C)c1)C(=O)COc1ccccc1F. The molecule has 0 spiro atoms. The van der Waals surface area contributed by atoms with Gasteiger partial charge in [0.15, 0.2) is 18.2 Å². The molecule has 156 valence electrons. The number of para-hydroxylation sites is 1. The number of benzene rings is 2. The number of aryl methyl sites for hydroxylation is 1. The van der Waals surface area contributed by atoms with Gasteiger partial charge < -0.3 is 15.0 Å². The van der Waals surface area contributed by atoms with E-state index in [2.05, 4.69) is 5.32 Å². The van der Waals surface area contributed by atoms with Crippen LogP contribution in [0.2, 0.25) is 0 Å². The Bertz CT molecular complexity index is 825. The van der Waals surface area contributed by atoms with E-state index >= 15 is 0 Å². The van der Waals surface area contributed by atoms with E-state index < -0.39 is 11.9 Å².